The van der Waals surface area contributed by atoms with Crippen LogP contribution in [0.5, 0.6) is 5.75 Å². The van der Waals surface area contributed by atoms with Gasteiger partial charge in [0.15, 0.2) is 0 Å². The second kappa shape index (κ2) is 10.4. The first-order valence-electron chi connectivity index (χ1n) is 9.21. The third-order valence-corrected chi connectivity index (χ3v) is 4.86. The van der Waals surface area contributed by atoms with Gasteiger partial charge in [-0.15, -0.1) is 0 Å². The number of benzene rings is 3. The first-order valence-corrected chi connectivity index (χ1v) is 10.0. The molecule has 0 aliphatic heterocycles. The van der Waals surface area contributed by atoms with Crippen molar-refractivity contribution >= 4 is 39.7 Å². The van der Waals surface area contributed by atoms with Crippen molar-refractivity contribution in [1.29, 1.82) is 0 Å². The Morgan fingerprint density at radius 1 is 1.00 bits per heavy atom. The molecule has 3 rings (SSSR count). The number of ether oxygens (including phenoxy) is 1. The maximum atomic E-state index is 12.2. The van der Waals surface area contributed by atoms with Crippen LogP contribution in [-0.4, -0.2) is 24.6 Å². The predicted octanol–water partition coefficient (Wildman–Crippen LogP) is 4.54. The summed E-state index contributed by atoms with van der Waals surface area (Å²) in [6.45, 7) is 2.09. The van der Waals surface area contributed by atoms with E-state index in [1.54, 1.807) is 42.5 Å². The molecule has 30 heavy (non-hydrogen) atoms. The molecule has 0 radical (unpaired) electrons. The van der Waals surface area contributed by atoms with Gasteiger partial charge in [-0.2, -0.15) is 5.10 Å². The average molecular weight is 466 g/mol. The molecular formula is C23H20BrN3O3. The van der Waals surface area contributed by atoms with Crippen LogP contribution in [0.3, 0.4) is 0 Å². The minimum Gasteiger partial charge on any atom is -0.423 e. The molecular weight excluding hydrogens is 446 g/mol. The van der Waals surface area contributed by atoms with Crippen LogP contribution in [0.25, 0.3) is 0 Å². The maximum Gasteiger partial charge on any atom is 0.344 e. The standard InChI is InChI=1S/C23H20BrN3O3/c1-16-6-2-5-9-21(16)25-15-22(28)27-26-14-17-10-12-18(13-11-17)30-23(29)19-7-3-4-8-20(19)24/h2-14,25H,15H2,1H3,(H,27,28). The molecule has 0 aliphatic carbocycles. The number of hydrazone groups is 1. The number of esters is 1. The molecule has 7 heteroatoms. The molecule has 0 bridgehead atoms. The first-order chi connectivity index (χ1) is 14.5. The molecule has 2 N–H and O–H groups in total. The molecule has 0 spiro atoms. The van der Waals surface area contributed by atoms with E-state index in [0.29, 0.717) is 15.8 Å². The number of hydrogen-bond acceptors (Lipinski definition) is 5. The minimum absolute atomic E-state index is 0.117. The Bertz CT molecular complexity index is 1070. The van der Waals surface area contributed by atoms with E-state index >= 15 is 0 Å². The lowest BCUT2D eigenvalue weighted by molar-refractivity contribution is -0.119. The summed E-state index contributed by atoms with van der Waals surface area (Å²) in [6.07, 6.45) is 1.52. The molecule has 0 saturated heterocycles. The van der Waals surface area contributed by atoms with Gasteiger partial charge < -0.3 is 10.1 Å². The summed E-state index contributed by atoms with van der Waals surface area (Å²) in [5, 5.41) is 7.01. The van der Waals surface area contributed by atoms with Crippen LogP contribution in [0.2, 0.25) is 0 Å². The number of halogens is 1. The molecule has 0 aliphatic rings. The second-order valence-corrected chi connectivity index (χ2v) is 7.25. The van der Waals surface area contributed by atoms with E-state index in [1.165, 1.54) is 6.21 Å². The zero-order valence-electron chi connectivity index (χ0n) is 16.3. The summed E-state index contributed by atoms with van der Waals surface area (Å²) in [7, 11) is 0. The number of hydrogen-bond donors (Lipinski definition) is 2. The van der Waals surface area contributed by atoms with Gasteiger partial charge in [0.1, 0.15) is 5.75 Å². The normalized spacial score (nSPS) is 10.6. The van der Waals surface area contributed by atoms with Gasteiger partial charge in [0.2, 0.25) is 0 Å². The SMILES string of the molecule is Cc1ccccc1NCC(=O)NN=Cc1ccc(OC(=O)c2ccccc2Br)cc1. The molecule has 0 aromatic heterocycles. The molecule has 3 aromatic carbocycles. The fourth-order valence-electron chi connectivity index (χ4n) is 2.58. The predicted molar refractivity (Wildman–Crippen MR) is 121 cm³/mol. The summed E-state index contributed by atoms with van der Waals surface area (Å²) in [5.74, 6) is -0.287. The number of aryl methyl sites for hydroxylation is 1. The molecule has 3 aromatic rings. The van der Waals surface area contributed by atoms with Crippen molar-refractivity contribution in [2.45, 2.75) is 6.92 Å². The van der Waals surface area contributed by atoms with E-state index in [2.05, 4.69) is 31.8 Å². The second-order valence-electron chi connectivity index (χ2n) is 6.40. The van der Waals surface area contributed by atoms with Crippen molar-refractivity contribution in [3.05, 3.63) is 94.0 Å². The van der Waals surface area contributed by atoms with Gasteiger partial charge in [0.05, 0.1) is 18.3 Å². The van der Waals surface area contributed by atoms with E-state index in [0.717, 1.165) is 16.8 Å². The molecule has 0 heterocycles. The summed E-state index contributed by atoms with van der Waals surface area (Å²) in [6, 6.07) is 21.6. The third kappa shape index (κ3) is 6.02. The quantitative estimate of drug-likeness (QED) is 0.232. The number of nitrogens with one attached hydrogen (secondary N) is 2. The van der Waals surface area contributed by atoms with Gasteiger partial charge in [-0.1, -0.05) is 30.3 Å². The fourth-order valence-corrected chi connectivity index (χ4v) is 3.02. The number of rotatable bonds is 7. The monoisotopic (exact) mass is 465 g/mol. The van der Waals surface area contributed by atoms with Gasteiger partial charge in [-0.05, 0) is 76.4 Å². The van der Waals surface area contributed by atoms with Crippen molar-refractivity contribution in [3.63, 3.8) is 0 Å². The van der Waals surface area contributed by atoms with E-state index in [4.69, 9.17) is 4.74 Å². The van der Waals surface area contributed by atoms with Crippen molar-refractivity contribution in [2.24, 2.45) is 5.10 Å². The number of carbonyl (C=O) groups is 2. The Balaban J connectivity index is 1.48. The molecule has 0 atom stereocenters. The average Bonchev–Trinajstić information content (AvgIpc) is 2.74. The van der Waals surface area contributed by atoms with Crippen LogP contribution in [-0.2, 0) is 4.79 Å². The van der Waals surface area contributed by atoms with Crippen molar-refractivity contribution in [3.8, 4) is 5.75 Å². The van der Waals surface area contributed by atoms with E-state index < -0.39 is 5.97 Å². The molecule has 0 fully saturated rings. The molecule has 0 saturated carbocycles. The zero-order chi connectivity index (χ0) is 21.3. The van der Waals surface area contributed by atoms with Crippen LogP contribution >= 0.6 is 15.9 Å². The smallest absolute Gasteiger partial charge is 0.344 e. The van der Waals surface area contributed by atoms with Crippen LogP contribution in [0.4, 0.5) is 5.69 Å². The first kappa shape index (κ1) is 21.3. The Hall–Kier alpha value is -3.45. The Labute approximate surface area is 183 Å². The fraction of sp³-hybridized carbons (Fsp3) is 0.0870. The highest BCUT2D eigenvalue weighted by Crippen LogP contribution is 2.19. The van der Waals surface area contributed by atoms with E-state index in [-0.39, 0.29) is 12.5 Å². The van der Waals surface area contributed by atoms with E-state index in [9.17, 15) is 9.59 Å². The minimum atomic E-state index is -0.447. The van der Waals surface area contributed by atoms with E-state index in [1.807, 2.05) is 37.3 Å². The Morgan fingerprint density at radius 3 is 2.43 bits per heavy atom. The highest BCUT2D eigenvalue weighted by atomic mass is 79.9. The highest BCUT2D eigenvalue weighted by Gasteiger charge is 2.11. The van der Waals surface area contributed by atoms with Gasteiger partial charge in [-0.25, -0.2) is 10.2 Å². The van der Waals surface area contributed by atoms with Crippen molar-refractivity contribution < 1.29 is 14.3 Å². The maximum absolute atomic E-state index is 12.2. The molecule has 6 nitrogen and oxygen atoms in total. The summed E-state index contributed by atoms with van der Waals surface area (Å²) < 4.78 is 6.04. The van der Waals surface area contributed by atoms with Gasteiger partial charge in [-0.3, -0.25) is 4.79 Å². The Kier molecular flexibility index (Phi) is 7.34. The largest absolute Gasteiger partial charge is 0.423 e. The van der Waals surface area contributed by atoms with Gasteiger partial charge >= 0.3 is 5.97 Å². The summed E-state index contributed by atoms with van der Waals surface area (Å²) >= 11 is 3.33. The number of para-hydroxylation sites is 1. The van der Waals surface area contributed by atoms with Crippen LogP contribution in [0, 0.1) is 6.92 Å². The number of carbonyl (C=O) groups excluding carboxylic acids is 2. The lowest BCUT2D eigenvalue weighted by Gasteiger charge is -2.08. The third-order valence-electron chi connectivity index (χ3n) is 4.17. The molecule has 152 valence electrons. The van der Waals surface area contributed by atoms with Crippen LogP contribution < -0.4 is 15.5 Å². The molecule has 0 unspecified atom stereocenters. The summed E-state index contributed by atoms with van der Waals surface area (Å²) in [4.78, 5) is 24.1. The van der Waals surface area contributed by atoms with Crippen LogP contribution in [0.15, 0.2) is 82.4 Å². The lowest BCUT2D eigenvalue weighted by atomic mass is 10.2. The number of nitrogens with zero attached hydrogens (tertiary/aromatic N) is 1. The Morgan fingerprint density at radius 2 is 1.70 bits per heavy atom. The van der Waals surface area contributed by atoms with Crippen molar-refractivity contribution in [1.82, 2.24) is 5.43 Å². The van der Waals surface area contributed by atoms with Crippen LogP contribution in [0.1, 0.15) is 21.5 Å². The van der Waals surface area contributed by atoms with Gasteiger partial charge in [0, 0.05) is 10.2 Å². The topological polar surface area (TPSA) is 79.8 Å². The molecule has 1 amide bonds. The van der Waals surface area contributed by atoms with Gasteiger partial charge in [0.25, 0.3) is 5.91 Å². The lowest BCUT2D eigenvalue weighted by Crippen LogP contribution is -2.26. The van der Waals surface area contributed by atoms with Crippen molar-refractivity contribution in [2.75, 3.05) is 11.9 Å². The summed E-state index contributed by atoms with van der Waals surface area (Å²) in [5.41, 5.74) is 5.65. The zero-order valence-corrected chi connectivity index (χ0v) is 17.8. The highest BCUT2D eigenvalue weighted by molar-refractivity contribution is 9.10. The number of anilines is 1. The number of amides is 1.